The SMILES string of the molecule is CNC(C)c1nnc(Nc2cccc(C)c2Cl)o1. The van der Waals surface area contributed by atoms with E-state index in [9.17, 15) is 0 Å². The molecule has 96 valence electrons. The van der Waals surface area contributed by atoms with Gasteiger partial charge in [-0.05, 0) is 32.5 Å². The molecule has 0 saturated heterocycles. The molecular formula is C12H15ClN4O. The lowest BCUT2D eigenvalue weighted by Crippen LogP contribution is -2.12. The third-order valence-corrected chi connectivity index (χ3v) is 3.18. The molecule has 1 aromatic carbocycles. The lowest BCUT2D eigenvalue weighted by molar-refractivity contribution is 0.443. The number of halogens is 1. The fourth-order valence-electron chi connectivity index (χ4n) is 1.44. The molecule has 1 heterocycles. The van der Waals surface area contributed by atoms with Crippen LogP contribution in [0.1, 0.15) is 24.4 Å². The van der Waals surface area contributed by atoms with E-state index in [1.807, 2.05) is 39.1 Å². The van der Waals surface area contributed by atoms with Gasteiger partial charge in [-0.1, -0.05) is 28.8 Å². The minimum atomic E-state index is 0.0148. The Morgan fingerprint density at radius 3 is 2.83 bits per heavy atom. The molecule has 6 heteroatoms. The summed E-state index contributed by atoms with van der Waals surface area (Å²) >= 11 is 6.18. The molecule has 2 aromatic rings. The highest BCUT2D eigenvalue weighted by atomic mass is 35.5. The molecule has 0 spiro atoms. The number of benzene rings is 1. The third kappa shape index (κ3) is 2.63. The summed E-state index contributed by atoms with van der Waals surface area (Å²) in [7, 11) is 1.83. The zero-order valence-corrected chi connectivity index (χ0v) is 11.2. The van der Waals surface area contributed by atoms with E-state index in [-0.39, 0.29) is 6.04 Å². The maximum absolute atomic E-state index is 6.18. The zero-order chi connectivity index (χ0) is 13.1. The molecule has 0 saturated carbocycles. The van der Waals surface area contributed by atoms with Crippen LogP contribution in [0.4, 0.5) is 11.7 Å². The van der Waals surface area contributed by atoms with E-state index in [4.69, 9.17) is 16.0 Å². The maximum Gasteiger partial charge on any atom is 0.320 e. The lowest BCUT2D eigenvalue weighted by Gasteiger charge is -2.06. The highest BCUT2D eigenvalue weighted by Gasteiger charge is 2.13. The van der Waals surface area contributed by atoms with Crippen molar-refractivity contribution in [3.8, 4) is 0 Å². The van der Waals surface area contributed by atoms with Crippen LogP contribution in [0.3, 0.4) is 0 Å². The van der Waals surface area contributed by atoms with Crippen molar-refractivity contribution >= 4 is 23.3 Å². The van der Waals surface area contributed by atoms with Gasteiger partial charge < -0.3 is 15.1 Å². The highest BCUT2D eigenvalue weighted by Crippen LogP contribution is 2.28. The largest absolute Gasteiger partial charge is 0.406 e. The smallest absolute Gasteiger partial charge is 0.320 e. The molecule has 1 unspecified atom stereocenters. The summed E-state index contributed by atoms with van der Waals surface area (Å²) in [6, 6.07) is 6.06. The Morgan fingerprint density at radius 2 is 2.11 bits per heavy atom. The predicted octanol–water partition coefficient (Wildman–Crippen LogP) is 3.06. The minimum absolute atomic E-state index is 0.0148. The molecule has 0 fully saturated rings. The molecule has 2 N–H and O–H groups in total. The van der Waals surface area contributed by atoms with Crippen molar-refractivity contribution in [3.05, 3.63) is 34.7 Å². The Bertz CT molecular complexity index is 541. The van der Waals surface area contributed by atoms with Crippen LogP contribution in [0.2, 0.25) is 5.02 Å². The van der Waals surface area contributed by atoms with Gasteiger partial charge in [0, 0.05) is 0 Å². The van der Waals surface area contributed by atoms with Gasteiger partial charge >= 0.3 is 6.01 Å². The van der Waals surface area contributed by atoms with Crippen LogP contribution in [0.25, 0.3) is 0 Å². The summed E-state index contributed by atoms with van der Waals surface area (Å²) in [5, 5.41) is 14.6. The predicted molar refractivity (Wildman–Crippen MR) is 71.2 cm³/mol. The molecule has 2 rings (SSSR count). The second kappa shape index (κ2) is 5.37. The summed E-state index contributed by atoms with van der Waals surface area (Å²) in [5.41, 5.74) is 1.74. The first kappa shape index (κ1) is 12.9. The zero-order valence-electron chi connectivity index (χ0n) is 10.5. The molecule has 0 amide bonds. The molecular weight excluding hydrogens is 252 g/mol. The minimum Gasteiger partial charge on any atom is -0.406 e. The monoisotopic (exact) mass is 266 g/mol. The molecule has 0 radical (unpaired) electrons. The average molecular weight is 267 g/mol. The van der Waals surface area contributed by atoms with Gasteiger partial charge in [-0.15, -0.1) is 5.10 Å². The Labute approximate surface area is 111 Å². The second-order valence-electron chi connectivity index (χ2n) is 4.02. The van der Waals surface area contributed by atoms with Crippen molar-refractivity contribution in [2.45, 2.75) is 19.9 Å². The summed E-state index contributed by atoms with van der Waals surface area (Å²) in [6.07, 6.45) is 0. The first-order valence-electron chi connectivity index (χ1n) is 5.64. The van der Waals surface area contributed by atoms with Gasteiger partial charge in [0.15, 0.2) is 0 Å². The number of aromatic nitrogens is 2. The number of hydrogen-bond donors (Lipinski definition) is 2. The number of rotatable bonds is 4. The Hall–Kier alpha value is -1.59. The molecule has 18 heavy (non-hydrogen) atoms. The second-order valence-corrected chi connectivity index (χ2v) is 4.40. The molecule has 5 nitrogen and oxygen atoms in total. The number of hydrogen-bond acceptors (Lipinski definition) is 5. The number of aryl methyl sites for hydroxylation is 1. The lowest BCUT2D eigenvalue weighted by atomic mass is 10.2. The van der Waals surface area contributed by atoms with Crippen molar-refractivity contribution in [2.75, 3.05) is 12.4 Å². The Balaban J connectivity index is 2.19. The van der Waals surface area contributed by atoms with Gasteiger partial charge in [-0.25, -0.2) is 0 Å². The van der Waals surface area contributed by atoms with E-state index >= 15 is 0 Å². The summed E-state index contributed by atoms with van der Waals surface area (Å²) in [4.78, 5) is 0. The van der Waals surface area contributed by atoms with E-state index < -0.39 is 0 Å². The van der Waals surface area contributed by atoms with Crippen LogP contribution in [0, 0.1) is 6.92 Å². The van der Waals surface area contributed by atoms with Crippen LogP contribution in [-0.2, 0) is 0 Å². The number of anilines is 2. The van der Waals surface area contributed by atoms with Gasteiger partial charge in [0.1, 0.15) is 0 Å². The quantitative estimate of drug-likeness (QED) is 0.891. The van der Waals surface area contributed by atoms with Gasteiger partial charge in [0.25, 0.3) is 0 Å². The van der Waals surface area contributed by atoms with Gasteiger partial charge in [-0.2, -0.15) is 0 Å². The highest BCUT2D eigenvalue weighted by molar-refractivity contribution is 6.34. The molecule has 1 aromatic heterocycles. The van der Waals surface area contributed by atoms with Gasteiger partial charge in [0.05, 0.1) is 16.8 Å². The number of nitrogens with one attached hydrogen (secondary N) is 2. The van der Waals surface area contributed by atoms with Crippen LogP contribution in [0.15, 0.2) is 22.6 Å². The molecule has 0 aliphatic rings. The van der Waals surface area contributed by atoms with E-state index in [1.165, 1.54) is 0 Å². The molecule has 0 bridgehead atoms. The standard InChI is InChI=1S/C12H15ClN4O/c1-7-5-4-6-9(10(7)13)15-12-17-16-11(18-12)8(2)14-3/h4-6,8,14H,1-3H3,(H,15,17). The first-order chi connectivity index (χ1) is 8.61. The van der Waals surface area contributed by atoms with Gasteiger partial charge in [-0.3, -0.25) is 0 Å². The van der Waals surface area contributed by atoms with Crippen LogP contribution < -0.4 is 10.6 Å². The normalized spacial score (nSPS) is 12.4. The average Bonchev–Trinajstić information content (AvgIpc) is 2.82. The van der Waals surface area contributed by atoms with Gasteiger partial charge in [0.2, 0.25) is 5.89 Å². The van der Waals surface area contributed by atoms with Crippen LogP contribution in [0.5, 0.6) is 0 Å². The molecule has 1 atom stereocenters. The van der Waals surface area contributed by atoms with Crippen molar-refractivity contribution in [1.82, 2.24) is 15.5 Å². The molecule has 0 aliphatic carbocycles. The summed E-state index contributed by atoms with van der Waals surface area (Å²) in [5.74, 6) is 0.531. The third-order valence-electron chi connectivity index (χ3n) is 2.68. The molecule has 0 aliphatic heterocycles. The summed E-state index contributed by atoms with van der Waals surface area (Å²) < 4.78 is 5.48. The maximum atomic E-state index is 6.18. The van der Waals surface area contributed by atoms with E-state index in [0.717, 1.165) is 11.3 Å². The van der Waals surface area contributed by atoms with Crippen LogP contribution >= 0.6 is 11.6 Å². The van der Waals surface area contributed by atoms with E-state index in [2.05, 4.69) is 20.8 Å². The van der Waals surface area contributed by atoms with Crippen molar-refractivity contribution < 1.29 is 4.42 Å². The topological polar surface area (TPSA) is 63.0 Å². The Morgan fingerprint density at radius 1 is 1.33 bits per heavy atom. The fourth-order valence-corrected chi connectivity index (χ4v) is 1.62. The van der Waals surface area contributed by atoms with E-state index in [1.54, 1.807) is 0 Å². The van der Waals surface area contributed by atoms with Crippen molar-refractivity contribution in [3.63, 3.8) is 0 Å². The van der Waals surface area contributed by atoms with Crippen molar-refractivity contribution in [1.29, 1.82) is 0 Å². The number of nitrogens with zero attached hydrogens (tertiary/aromatic N) is 2. The van der Waals surface area contributed by atoms with Crippen LogP contribution in [-0.4, -0.2) is 17.2 Å². The van der Waals surface area contributed by atoms with E-state index in [0.29, 0.717) is 16.9 Å². The summed E-state index contributed by atoms with van der Waals surface area (Å²) in [6.45, 7) is 3.88. The van der Waals surface area contributed by atoms with Crippen molar-refractivity contribution in [2.24, 2.45) is 0 Å². The Kier molecular flexibility index (Phi) is 3.84. The first-order valence-corrected chi connectivity index (χ1v) is 6.02. The fraction of sp³-hybridized carbons (Fsp3) is 0.333.